The van der Waals surface area contributed by atoms with Crippen molar-refractivity contribution in [2.45, 2.75) is 18.9 Å². The SMILES string of the molecule is O=C(Cc1cccc2ccccc12)N1CC[C@H](N2C(=O)COC2=O)C1. The number of imide groups is 1. The molecule has 2 aromatic rings. The summed E-state index contributed by atoms with van der Waals surface area (Å²) >= 11 is 0. The number of amides is 3. The molecular weight excluding hydrogens is 320 g/mol. The van der Waals surface area contributed by atoms with E-state index in [1.165, 1.54) is 0 Å². The molecule has 3 amide bonds. The molecule has 0 spiro atoms. The molecule has 0 aromatic heterocycles. The molecule has 1 atom stereocenters. The van der Waals surface area contributed by atoms with Crippen molar-refractivity contribution in [1.29, 1.82) is 0 Å². The number of nitrogens with zero attached hydrogens (tertiary/aromatic N) is 2. The van der Waals surface area contributed by atoms with Gasteiger partial charge in [-0.2, -0.15) is 0 Å². The lowest BCUT2D eigenvalue weighted by Crippen LogP contribution is -2.42. The average Bonchev–Trinajstić information content (AvgIpc) is 3.22. The summed E-state index contributed by atoms with van der Waals surface area (Å²) in [5.41, 5.74) is 0.989. The van der Waals surface area contributed by atoms with Gasteiger partial charge in [-0.1, -0.05) is 42.5 Å². The molecule has 0 unspecified atom stereocenters. The minimum Gasteiger partial charge on any atom is -0.439 e. The Balaban J connectivity index is 1.47. The predicted molar refractivity (Wildman–Crippen MR) is 90.8 cm³/mol. The van der Waals surface area contributed by atoms with E-state index in [2.05, 4.69) is 0 Å². The highest BCUT2D eigenvalue weighted by Gasteiger charge is 2.41. The van der Waals surface area contributed by atoms with Crippen molar-refractivity contribution < 1.29 is 19.1 Å². The van der Waals surface area contributed by atoms with Crippen LogP contribution in [-0.4, -0.2) is 53.4 Å². The molecule has 0 saturated carbocycles. The average molecular weight is 338 g/mol. The van der Waals surface area contributed by atoms with Gasteiger partial charge >= 0.3 is 6.09 Å². The molecule has 0 aliphatic carbocycles. The Kier molecular flexibility index (Phi) is 3.87. The fourth-order valence-electron chi connectivity index (χ4n) is 3.62. The van der Waals surface area contributed by atoms with Crippen molar-refractivity contribution in [3.8, 4) is 0 Å². The lowest BCUT2D eigenvalue weighted by molar-refractivity contribution is -0.131. The van der Waals surface area contributed by atoms with Crippen LogP contribution in [0.3, 0.4) is 0 Å². The van der Waals surface area contributed by atoms with E-state index in [0.29, 0.717) is 25.9 Å². The van der Waals surface area contributed by atoms with Crippen LogP contribution < -0.4 is 0 Å². The molecule has 25 heavy (non-hydrogen) atoms. The summed E-state index contributed by atoms with van der Waals surface area (Å²) in [5, 5.41) is 2.19. The molecule has 6 nitrogen and oxygen atoms in total. The number of carbonyl (C=O) groups is 3. The van der Waals surface area contributed by atoms with E-state index in [4.69, 9.17) is 4.74 Å². The number of hydrogen-bond acceptors (Lipinski definition) is 4. The maximum absolute atomic E-state index is 12.7. The number of rotatable bonds is 3. The Morgan fingerprint density at radius 3 is 2.72 bits per heavy atom. The molecule has 2 fully saturated rings. The first-order valence-electron chi connectivity index (χ1n) is 8.37. The molecule has 2 saturated heterocycles. The minimum atomic E-state index is -0.599. The molecule has 6 heteroatoms. The van der Waals surface area contributed by atoms with E-state index in [1.807, 2.05) is 42.5 Å². The Labute approximate surface area is 145 Å². The standard InChI is InChI=1S/C19H18N2O4/c22-17(10-14-6-3-5-13-4-1-2-7-16(13)14)20-9-8-15(11-20)21-18(23)12-25-19(21)24/h1-7,15H,8-12H2/t15-/m0/s1. The molecule has 2 aromatic carbocycles. The quantitative estimate of drug-likeness (QED) is 0.858. The van der Waals surface area contributed by atoms with Crippen molar-refractivity contribution in [1.82, 2.24) is 9.80 Å². The third-order valence-corrected chi connectivity index (χ3v) is 4.89. The minimum absolute atomic E-state index is 0.0128. The smallest absolute Gasteiger partial charge is 0.417 e. The molecule has 0 N–H and O–H groups in total. The zero-order chi connectivity index (χ0) is 17.4. The van der Waals surface area contributed by atoms with Crippen LogP contribution in [0.4, 0.5) is 4.79 Å². The second kappa shape index (κ2) is 6.20. The molecule has 0 bridgehead atoms. The lowest BCUT2D eigenvalue weighted by atomic mass is 10.0. The Hall–Kier alpha value is -2.89. The van der Waals surface area contributed by atoms with Crippen LogP contribution in [0.2, 0.25) is 0 Å². The summed E-state index contributed by atoms with van der Waals surface area (Å²) in [7, 11) is 0. The monoisotopic (exact) mass is 338 g/mol. The van der Waals surface area contributed by atoms with Crippen LogP contribution >= 0.6 is 0 Å². The van der Waals surface area contributed by atoms with Crippen LogP contribution in [0.15, 0.2) is 42.5 Å². The molecule has 2 aliphatic rings. The molecule has 2 aliphatic heterocycles. The van der Waals surface area contributed by atoms with Gasteiger partial charge in [-0.15, -0.1) is 0 Å². The fourth-order valence-corrected chi connectivity index (χ4v) is 3.62. The van der Waals surface area contributed by atoms with E-state index in [1.54, 1.807) is 4.90 Å². The highest BCUT2D eigenvalue weighted by atomic mass is 16.6. The zero-order valence-electron chi connectivity index (χ0n) is 13.7. The maximum atomic E-state index is 12.7. The van der Waals surface area contributed by atoms with Crippen LogP contribution in [0.1, 0.15) is 12.0 Å². The Morgan fingerprint density at radius 2 is 1.92 bits per heavy atom. The van der Waals surface area contributed by atoms with Crippen LogP contribution in [0, 0.1) is 0 Å². The largest absolute Gasteiger partial charge is 0.439 e. The first-order valence-corrected chi connectivity index (χ1v) is 8.37. The van der Waals surface area contributed by atoms with Crippen molar-refractivity contribution in [3.05, 3.63) is 48.0 Å². The summed E-state index contributed by atoms with van der Waals surface area (Å²) in [6.45, 7) is 0.731. The molecule has 128 valence electrons. The van der Waals surface area contributed by atoms with Crippen LogP contribution in [-0.2, 0) is 20.7 Å². The number of ether oxygens (including phenoxy) is 1. The van der Waals surface area contributed by atoms with Crippen LogP contribution in [0.25, 0.3) is 10.8 Å². The van der Waals surface area contributed by atoms with E-state index in [9.17, 15) is 14.4 Å². The van der Waals surface area contributed by atoms with Crippen molar-refractivity contribution >= 4 is 28.7 Å². The summed E-state index contributed by atoms with van der Waals surface area (Å²) in [5.74, 6) is -0.308. The van der Waals surface area contributed by atoms with E-state index in [-0.39, 0.29) is 24.5 Å². The van der Waals surface area contributed by atoms with Gasteiger partial charge in [-0.3, -0.25) is 9.59 Å². The summed E-state index contributed by atoms with van der Waals surface area (Å²) in [6, 6.07) is 13.7. The van der Waals surface area contributed by atoms with E-state index >= 15 is 0 Å². The van der Waals surface area contributed by atoms with Gasteiger partial charge in [0.05, 0.1) is 12.5 Å². The van der Waals surface area contributed by atoms with Gasteiger partial charge in [0.25, 0.3) is 5.91 Å². The van der Waals surface area contributed by atoms with Gasteiger partial charge in [0, 0.05) is 13.1 Å². The third kappa shape index (κ3) is 2.84. The number of hydrogen-bond donors (Lipinski definition) is 0. The summed E-state index contributed by atoms with van der Waals surface area (Å²) in [4.78, 5) is 39.0. The first-order chi connectivity index (χ1) is 12.1. The highest BCUT2D eigenvalue weighted by Crippen LogP contribution is 2.23. The normalized spacial score (nSPS) is 20.4. The van der Waals surface area contributed by atoms with Gasteiger partial charge < -0.3 is 9.64 Å². The van der Waals surface area contributed by atoms with Crippen LogP contribution in [0.5, 0.6) is 0 Å². The van der Waals surface area contributed by atoms with Gasteiger partial charge in [-0.05, 0) is 22.8 Å². The van der Waals surface area contributed by atoms with Crippen molar-refractivity contribution in [2.24, 2.45) is 0 Å². The van der Waals surface area contributed by atoms with Gasteiger partial charge in [0.2, 0.25) is 5.91 Å². The fraction of sp³-hybridized carbons (Fsp3) is 0.316. The highest BCUT2D eigenvalue weighted by molar-refractivity contribution is 5.98. The van der Waals surface area contributed by atoms with Gasteiger partial charge in [0.15, 0.2) is 6.61 Å². The van der Waals surface area contributed by atoms with Crippen molar-refractivity contribution in [2.75, 3.05) is 19.7 Å². The number of fused-ring (bicyclic) bond motifs is 1. The second-order valence-corrected chi connectivity index (χ2v) is 6.42. The Morgan fingerprint density at radius 1 is 1.12 bits per heavy atom. The number of cyclic esters (lactones) is 1. The number of carbonyl (C=O) groups excluding carboxylic acids is 3. The summed E-state index contributed by atoms with van der Waals surface area (Å²) < 4.78 is 4.76. The van der Waals surface area contributed by atoms with E-state index < -0.39 is 6.09 Å². The first kappa shape index (κ1) is 15.6. The molecular formula is C19H18N2O4. The second-order valence-electron chi connectivity index (χ2n) is 6.42. The topological polar surface area (TPSA) is 66.9 Å². The number of likely N-dealkylation sites (tertiary alicyclic amines) is 1. The predicted octanol–water partition coefficient (Wildman–Crippen LogP) is 1.96. The number of benzene rings is 2. The maximum Gasteiger partial charge on any atom is 0.417 e. The molecule has 0 radical (unpaired) electrons. The zero-order valence-corrected chi connectivity index (χ0v) is 13.7. The molecule has 2 heterocycles. The Bertz CT molecular complexity index is 842. The van der Waals surface area contributed by atoms with Gasteiger partial charge in [-0.25, -0.2) is 9.69 Å². The third-order valence-electron chi connectivity index (χ3n) is 4.89. The summed E-state index contributed by atoms with van der Waals surface area (Å²) in [6.07, 6.45) is 0.313. The van der Waals surface area contributed by atoms with Crippen molar-refractivity contribution in [3.63, 3.8) is 0 Å². The van der Waals surface area contributed by atoms with Gasteiger partial charge in [0.1, 0.15) is 0 Å². The molecule has 4 rings (SSSR count). The lowest BCUT2D eigenvalue weighted by Gasteiger charge is -2.20. The van der Waals surface area contributed by atoms with E-state index in [0.717, 1.165) is 21.2 Å².